The molecule has 0 saturated carbocycles. The van der Waals surface area contributed by atoms with Crippen molar-refractivity contribution >= 4 is 48.1 Å². The van der Waals surface area contributed by atoms with Crippen LogP contribution in [0.25, 0.3) is 10.8 Å². The van der Waals surface area contributed by atoms with Gasteiger partial charge in [-0.05, 0) is 49.1 Å². The smallest absolute Gasteiger partial charge is 0.294 e. The molecule has 0 spiro atoms. The summed E-state index contributed by atoms with van der Waals surface area (Å²) in [6, 6.07) is 6.38. The van der Waals surface area contributed by atoms with Gasteiger partial charge >= 0.3 is 0 Å². The Kier molecular flexibility index (Phi) is 6.32. The summed E-state index contributed by atoms with van der Waals surface area (Å²) in [4.78, 5) is -1.35. The highest BCUT2D eigenvalue weighted by atomic mass is 32.2. The number of aromatic hydroxyl groups is 1. The first-order valence-corrected chi connectivity index (χ1v) is 12.0. The van der Waals surface area contributed by atoms with Gasteiger partial charge in [-0.15, -0.1) is 5.11 Å². The highest BCUT2D eigenvalue weighted by Gasteiger charge is 2.20. The molecule has 0 amide bonds. The van der Waals surface area contributed by atoms with E-state index in [1.165, 1.54) is 19.1 Å². The number of phenolic OH excluding ortho intramolecular Hbond substituents is 1. The lowest BCUT2D eigenvalue weighted by atomic mass is 10.1. The average molecular weight is 498 g/mol. The van der Waals surface area contributed by atoms with Crippen LogP contribution in [0.5, 0.6) is 11.5 Å². The topological polar surface area (TPSA) is 209 Å². The summed E-state index contributed by atoms with van der Waals surface area (Å²) in [7, 11) is -9.48. The molecule has 1 atom stereocenters. The number of aryl methyl sites for hydroxylation is 1. The maximum absolute atomic E-state index is 11.7. The van der Waals surface area contributed by atoms with Gasteiger partial charge in [-0.3, -0.25) is 9.11 Å². The van der Waals surface area contributed by atoms with Crippen LogP contribution in [0.4, 0.5) is 17.1 Å². The van der Waals surface area contributed by atoms with E-state index in [1.54, 1.807) is 6.92 Å². The van der Waals surface area contributed by atoms with E-state index in [9.17, 15) is 36.2 Å². The molecule has 1 unspecified atom stereocenters. The molecule has 176 valence electrons. The molecule has 0 radical (unpaired) electrons. The molecular weight excluding hydrogens is 478 g/mol. The Morgan fingerprint density at radius 1 is 0.909 bits per heavy atom. The third-order valence-electron chi connectivity index (χ3n) is 4.44. The van der Waals surface area contributed by atoms with Crippen molar-refractivity contribution in [2.45, 2.75) is 29.9 Å². The van der Waals surface area contributed by atoms with Gasteiger partial charge in [0.15, 0.2) is 6.29 Å². The molecule has 3 aromatic carbocycles. The molecule has 33 heavy (non-hydrogen) atoms. The predicted molar refractivity (Wildman–Crippen MR) is 117 cm³/mol. The van der Waals surface area contributed by atoms with Crippen molar-refractivity contribution in [2.24, 2.45) is 10.2 Å². The fourth-order valence-corrected chi connectivity index (χ4v) is 4.07. The lowest BCUT2D eigenvalue weighted by Gasteiger charge is -2.13. The summed E-state index contributed by atoms with van der Waals surface area (Å²) in [5, 5.41) is 27.5. The number of phenols is 1. The average Bonchev–Trinajstić information content (AvgIpc) is 2.66. The Morgan fingerprint density at radius 3 is 2.00 bits per heavy atom. The zero-order valence-electron chi connectivity index (χ0n) is 17.2. The first-order chi connectivity index (χ1) is 15.2. The number of nitrogens with zero attached hydrogens (tertiary/aromatic N) is 2. The van der Waals surface area contributed by atoms with E-state index < -0.39 is 42.1 Å². The summed E-state index contributed by atoms with van der Waals surface area (Å²) in [5.41, 5.74) is 6.61. The number of hydrogen-bond donors (Lipinski definition) is 5. The minimum absolute atomic E-state index is 0.0906. The number of aliphatic hydroxyl groups is 1. The number of aliphatic hydroxyl groups excluding tert-OH is 1. The molecule has 3 rings (SSSR count). The molecule has 0 aliphatic rings. The van der Waals surface area contributed by atoms with E-state index in [0.717, 1.165) is 24.3 Å². The molecule has 0 heterocycles. The monoisotopic (exact) mass is 497 g/mol. The standard InChI is InChI=1S/C19H19N3O9S2/c1-9-3-14(20)18(31-10(2)23)8-15(9)21-22-16-6-12(32(25,26)27)4-11-5-13(33(28,29)30)7-17(24)19(11)16/h3-8,10,23-24H,20H2,1-2H3,(H,25,26,27)(H,28,29,30)/b22-21+. The zero-order valence-corrected chi connectivity index (χ0v) is 18.8. The van der Waals surface area contributed by atoms with Crippen LogP contribution in [0.3, 0.4) is 0 Å². The van der Waals surface area contributed by atoms with Gasteiger partial charge in [-0.1, -0.05) is 0 Å². The van der Waals surface area contributed by atoms with Gasteiger partial charge in [0, 0.05) is 12.1 Å². The number of benzene rings is 3. The summed E-state index contributed by atoms with van der Waals surface area (Å²) >= 11 is 0. The van der Waals surface area contributed by atoms with Crippen molar-refractivity contribution in [3.63, 3.8) is 0 Å². The fraction of sp³-hybridized carbons (Fsp3) is 0.158. The van der Waals surface area contributed by atoms with E-state index in [2.05, 4.69) is 10.2 Å². The van der Waals surface area contributed by atoms with Gasteiger partial charge in [0.1, 0.15) is 11.5 Å². The van der Waals surface area contributed by atoms with Crippen LogP contribution in [0.15, 0.2) is 56.4 Å². The zero-order chi connectivity index (χ0) is 24.7. The first kappa shape index (κ1) is 24.3. The number of fused-ring (bicyclic) bond motifs is 1. The highest BCUT2D eigenvalue weighted by molar-refractivity contribution is 7.86. The van der Waals surface area contributed by atoms with E-state index in [4.69, 9.17) is 10.5 Å². The van der Waals surface area contributed by atoms with Crippen molar-refractivity contribution in [3.8, 4) is 11.5 Å². The Bertz CT molecular complexity index is 1490. The second kappa shape index (κ2) is 8.57. The van der Waals surface area contributed by atoms with Gasteiger partial charge in [-0.2, -0.15) is 21.9 Å². The van der Waals surface area contributed by atoms with Crippen LogP contribution in [-0.4, -0.2) is 42.4 Å². The number of ether oxygens (including phenoxy) is 1. The van der Waals surface area contributed by atoms with Crippen LogP contribution in [-0.2, 0) is 20.2 Å². The number of hydrogen-bond acceptors (Lipinski definition) is 10. The van der Waals surface area contributed by atoms with Crippen molar-refractivity contribution in [1.82, 2.24) is 0 Å². The van der Waals surface area contributed by atoms with Gasteiger partial charge in [0.25, 0.3) is 20.2 Å². The molecule has 0 fully saturated rings. The minimum atomic E-state index is -4.75. The number of nitrogen functional groups attached to an aromatic ring is 1. The highest BCUT2D eigenvalue weighted by Crippen LogP contribution is 2.39. The van der Waals surface area contributed by atoms with Gasteiger partial charge in [-0.25, -0.2) is 0 Å². The third kappa shape index (κ3) is 5.37. The second-order valence-corrected chi connectivity index (χ2v) is 9.87. The summed E-state index contributed by atoms with van der Waals surface area (Å²) in [5.74, 6) is -0.523. The fourth-order valence-electron chi connectivity index (χ4n) is 2.99. The maximum Gasteiger partial charge on any atom is 0.294 e. The van der Waals surface area contributed by atoms with Gasteiger partial charge < -0.3 is 20.7 Å². The van der Waals surface area contributed by atoms with Crippen molar-refractivity contribution in [2.75, 3.05) is 5.73 Å². The van der Waals surface area contributed by atoms with Gasteiger partial charge in [0.05, 0.1) is 32.2 Å². The molecule has 0 aliphatic heterocycles. The Morgan fingerprint density at radius 2 is 1.45 bits per heavy atom. The molecule has 0 bridgehead atoms. The van der Waals surface area contributed by atoms with E-state index in [0.29, 0.717) is 5.56 Å². The van der Waals surface area contributed by atoms with E-state index >= 15 is 0 Å². The largest absolute Gasteiger partial charge is 0.507 e. The molecule has 0 aliphatic carbocycles. The SMILES string of the molecule is Cc1cc(N)c(OC(C)O)cc1/N=N/c1cc(S(=O)(=O)O)cc2cc(S(=O)(=O)O)cc(O)c12. The molecule has 0 aromatic heterocycles. The molecule has 3 aromatic rings. The van der Waals surface area contributed by atoms with Gasteiger partial charge in [0.2, 0.25) is 0 Å². The van der Waals surface area contributed by atoms with E-state index in [1.807, 2.05) is 0 Å². The molecule has 14 heteroatoms. The maximum atomic E-state index is 11.7. The number of azo groups is 1. The first-order valence-electron chi connectivity index (χ1n) is 9.09. The molecule has 12 nitrogen and oxygen atoms in total. The predicted octanol–water partition coefficient (Wildman–Crippen LogP) is 3.06. The van der Waals surface area contributed by atoms with Crippen molar-refractivity contribution in [3.05, 3.63) is 42.0 Å². The van der Waals surface area contributed by atoms with Crippen LogP contribution in [0, 0.1) is 6.92 Å². The van der Waals surface area contributed by atoms with Crippen molar-refractivity contribution < 1.29 is 40.9 Å². The Labute approximate surface area is 188 Å². The normalized spacial score (nSPS) is 13.5. The van der Waals surface area contributed by atoms with Crippen LogP contribution >= 0.6 is 0 Å². The van der Waals surface area contributed by atoms with Crippen LogP contribution < -0.4 is 10.5 Å². The number of rotatable bonds is 6. The van der Waals surface area contributed by atoms with Crippen LogP contribution in [0.1, 0.15) is 12.5 Å². The number of anilines is 1. The quantitative estimate of drug-likeness (QED) is 0.145. The minimum Gasteiger partial charge on any atom is -0.507 e. The summed E-state index contributed by atoms with van der Waals surface area (Å²) in [6.07, 6.45) is -1.16. The second-order valence-electron chi connectivity index (χ2n) is 7.03. The summed E-state index contributed by atoms with van der Waals surface area (Å²) < 4.78 is 70.3. The third-order valence-corrected chi connectivity index (χ3v) is 6.10. The lowest BCUT2D eigenvalue weighted by Crippen LogP contribution is -2.10. The molecule has 6 N–H and O–H groups in total. The summed E-state index contributed by atoms with van der Waals surface area (Å²) in [6.45, 7) is 3.02. The lowest BCUT2D eigenvalue weighted by molar-refractivity contribution is 0.000298. The molecule has 0 saturated heterocycles. The van der Waals surface area contributed by atoms with Crippen LogP contribution in [0.2, 0.25) is 0 Å². The Balaban J connectivity index is 2.25. The Hall–Kier alpha value is -3.30. The molecular formula is C19H19N3O9S2. The van der Waals surface area contributed by atoms with Crippen molar-refractivity contribution in [1.29, 1.82) is 0 Å². The number of nitrogens with two attached hydrogens (primary N) is 1. The van der Waals surface area contributed by atoms with E-state index in [-0.39, 0.29) is 33.6 Å².